The van der Waals surface area contributed by atoms with E-state index >= 15 is 0 Å². The molecule has 0 amide bonds. The Hall–Kier alpha value is -1.08. The number of sulfonamides is 2. The Balaban J connectivity index is 3.25. The normalized spacial score (nSPS) is 12.3. The molecule has 1 aromatic carbocycles. The number of rotatable bonds is 6. The van der Waals surface area contributed by atoms with E-state index in [1.807, 2.05) is 6.92 Å². The van der Waals surface area contributed by atoms with Gasteiger partial charge < -0.3 is 0 Å². The van der Waals surface area contributed by atoms with Crippen LogP contribution in [-0.2, 0) is 20.0 Å². The molecule has 0 unspecified atom stereocenters. The van der Waals surface area contributed by atoms with Crippen LogP contribution in [0, 0.1) is 0 Å². The summed E-state index contributed by atoms with van der Waals surface area (Å²) < 4.78 is 48.1. The van der Waals surface area contributed by atoms with E-state index in [4.69, 9.17) is 0 Å². The molecule has 0 N–H and O–H groups in total. The zero-order valence-corrected chi connectivity index (χ0v) is 12.0. The third kappa shape index (κ3) is 3.71. The fraction of sp³-hybridized carbons (Fsp3) is 0.455. The molecule has 0 aliphatic carbocycles. The van der Waals surface area contributed by atoms with Gasteiger partial charge in [-0.2, -0.15) is 3.71 Å². The van der Waals surface area contributed by atoms with Crippen molar-refractivity contribution >= 4 is 25.7 Å². The van der Waals surface area contributed by atoms with E-state index in [1.54, 1.807) is 18.2 Å². The third-order valence-corrected chi connectivity index (χ3v) is 6.10. The predicted octanol–water partition coefficient (Wildman–Crippen LogP) is 1.58. The van der Waals surface area contributed by atoms with Gasteiger partial charge in [0.05, 0.1) is 17.7 Å². The van der Waals surface area contributed by atoms with Gasteiger partial charge >= 0.3 is 0 Å². The maximum atomic E-state index is 12.1. The molecule has 7 heteroatoms. The molecule has 18 heavy (non-hydrogen) atoms. The average molecular weight is 291 g/mol. The van der Waals surface area contributed by atoms with Gasteiger partial charge in [0.2, 0.25) is 20.0 Å². The van der Waals surface area contributed by atoms with E-state index in [0.717, 1.165) is 6.26 Å². The molecule has 0 radical (unpaired) electrons. The van der Waals surface area contributed by atoms with Crippen LogP contribution in [0.15, 0.2) is 30.3 Å². The van der Waals surface area contributed by atoms with Gasteiger partial charge in [0.1, 0.15) is 0 Å². The van der Waals surface area contributed by atoms with Crippen LogP contribution in [0.3, 0.4) is 0 Å². The first-order chi connectivity index (χ1) is 8.29. The van der Waals surface area contributed by atoms with Crippen molar-refractivity contribution in [1.29, 1.82) is 0 Å². The largest absolute Gasteiger partial charge is 0.248 e. The Kier molecular flexibility index (Phi) is 4.75. The van der Waals surface area contributed by atoms with Crippen LogP contribution < -0.4 is 3.71 Å². The lowest BCUT2D eigenvalue weighted by molar-refractivity contribution is 0.585. The highest BCUT2D eigenvalue weighted by atomic mass is 32.3. The second kappa shape index (κ2) is 5.71. The summed E-state index contributed by atoms with van der Waals surface area (Å²) in [7, 11) is -7.71. The number of nitrogens with zero attached hydrogens (tertiary/aromatic N) is 1. The molecule has 0 heterocycles. The van der Waals surface area contributed by atoms with Crippen LogP contribution in [0.4, 0.5) is 5.69 Å². The molecule has 5 nitrogen and oxygen atoms in total. The van der Waals surface area contributed by atoms with Crippen molar-refractivity contribution in [3.05, 3.63) is 30.3 Å². The Bertz CT molecular complexity index is 579. The van der Waals surface area contributed by atoms with Gasteiger partial charge in [0.15, 0.2) is 0 Å². The number of unbranched alkanes of at least 4 members (excludes halogenated alkanes) is 1. The monoisotopic (exact) mass is 291 g/mol. The lowest BCUT2D eigenvalue weighted by Crippen LogP contribution is -2.37. The highest BCUT2D eigenvalue weighted by Gasteiger charge is 2.30. The molecule has 0 spiro atoms. The second-order valence-corrected chi connectivity index (χ2v) is 7.96. The average Bonchev–Trinajstić information content (AvgIpc) is 2.25. The summed E-state index contributed by atoms with van der Waals surface area (Å²) in [4.78, 5) is 0. The number of benzene rings is 1. The van der Waals surface area contributed by atoms with Crippen LogP contribution in [0.5, 0.6) is 0 Å². The molecule has 0 bridgehead atoms. The maximum absolute atomic E-state index is 12.1. The number of para-hydroxylation sites is 1. The lowest BCUT2D eigenvalue weighted by Gasteiger charge is -2.21. The molecular formula is C11H17NO4S2. The van der Waals surface area contributed by atoms with Gasteiger partial charge in [-0.15, -0.1) is 0 Å². The van der Waals surface area contributed by atoms with Crippen LogP contribution in [-0.4, -0.2) is 28.8 Å². The van der Waals surface area contributed by atoms with Crippen molar-refractivity contribution in [3.8, 4) is 0 Å². The fourth-order valence-corrected chi connectivity index (χ4v) is 5.16. The van der Waals surface area contributed by atoms with Gasteiger partial charge in [-0.25, -0.2) is 16.8 Å². The molecule has 0 fully saturated rings. The quantitative estimate of drug-likeness (QED) is 0.798. The Morgan fingerprint density at radius 1 is 1.06 bits per heavy atom. The van der Waals surface area contributed by atoms with Gasteiger partial charge in [0, 0.05) is 0 Å². The molecule has 0 atom stereocenters. The van der Waals surface area contributed by atoms with E-state index < -0.39 is 20.0 Å². The summed E-state index contributed by atoms with van der Waals surface area (Å²) in [5, 5.41) is 0. The van der Waals surface area contributed by atoms with Crippen molar-refractivity contribution in [1.82, 2.24) is 0 Å². The zero-order valence-electron chi connectivity index (χ0n) is 10.4. The van der Waals surface area contributed by atoms with E-state index in [0.29, 0.717) is 16.6 Å². The molecule has 0 saturated carbocycles. The molecule has 0 aliphatic heterocycles. The van der Waals surface area contributed by atoms with Crippen molar-refractivity contribution in [2.45, 2.75) is 19.8 Å². The maximum Gasteiger partial charge on any atom is 0.248 e. The summed E-state index contributed by atoms with van der Waals surface area (Å²) >= 11 is 0. The first kappa shape index (κ1) is 15.0. The minimum absolute atomic E-state index is 0.149. The van der Waals surface area contributed by atoms with Crippen LogP contribution in [0.1, 0.15) is 19.8 Å². The molecule has 1 rings (SSSR count). The topological polar surface area (TPSA) is 71.5 Å². The third-order valence-electron chi connectivity index (χ3n) is 2.28. The SMILES string of the molecule is CCCCS(=O)(=O)N(c1ccccc1)S(C)(=O)=O. The standard InChI is InChI=1S/C11H17NO4S2/c1-3-4-10-18(15,16)12(17(2,13)14)11-8-6-5-7-9-11/h5-9H,3-4,10H2,1-2H3. The van der Waals surface area contributed by atoms with Crippen molar-refractivity contribution < 1.29 is 16.8 Å². The number of hydrogen-bond donors (Lipinski definition) is 0. The lowest BCUT2D eigenvalue weighted by atomic mass is 10.3. The van der Waals surface area contributed by atoms with Gasteiger partial charge in [-0.1, -0.05) is 31.5 Å². The zero-order chi connectivity index (χ0) is 13.8. The first-order valence-corrected chi connectivity index (χ1v) is 9.03. The smallest absolute Gasteiger partial charge is 0.206 e. The summed E-state index contributed by atoms with van der Waals surface area (Å²) in [5.41, 5.74) is 0.149. The molecule has 102 valence electrons. The van der Waals surface area contributed by atoms with Gasteiger partial charge in [-0.3, -0.25) is 0 Å². The van der Waals surface area contributed by atoms with Crippen molar-refractivity contribution in [2.75, 3.05) is 15.7 Å². The molecule has 0 aliphatic rings. The first-order valence-electron chi connectivity index (χ1n) is 5.57. The Labute approximate surface area is 109 Å². The minimum atomic E-state index is -3.86. The van der Waals surface area contributed by atoms with Crippen LogP contribution in [0.25, 0.3) is 0 Å². The fourth-order valence-electron chi connectivity index (χ4n) is 1.52. The number of hydrogen-bond acceptors (Lipinski definition) is 4. The van der Waals surface area contributed by atoms with Gasteiger partial charge in [-0.05, 0) is 18.6 Å². The van der Waals surface area contributed by atoms with Gasteiger partial charge in [0.25, 0.3) is 0 Å². The van der Waals surface area contributed by atoms with E-state index in [1.165, 1.54) is 12.1 Å². The van der Waals surface area contributed by atoms with Crippen LogP contribution >= 0.6 is 0 Å². The Morgan fingerprint density at radius 2 is 1.61 bits per heavy atom. The summed E-state index contributed by atoms with van der Waals surface area (Å²) in [6, 6.07) is 7.82. The summed E-state index contributed by atoms with van der Waals surface area (Å²) in [5.74, 6) is -0.175. The summed E-state index contributed by atoms with van der Waals surface area (Å²) in [6.45, 7) is 1.85. The highest BCUT2D eigenvalue weighted by molar-refractivity contribution is 8.09. The van der Waals surface area contributed by atoms with E-state index in [9.17, 15) is 16.8 Å². The Morgan fingerprint density at radius 3 is 2.06 bits per heavy atom. The van der Waals surface area contributed by atoms with Crippen LogP contribution in [0.2, 0.25) is 0 Å². The van der Waals surface area contributed by atoms with Crippen molar-refractivity contribution in [3.63, 3.8) is 0 Å². The van der Waals surface area contributed by atoms with Crippen molar-refractivity contribution in [2.24, 2.45) is 0 Å². The highest BCUT2D eigenvalue weighted by Crippen LogP contribution is 2.21. The predicted molar refractivity (Wildman–Crippen MR) is 72.5 cm³/mol. The minimum Gasteiger partial charge on any atom is -0.206 e. The second-order valence-electron chi connectivity index (χ2n) is 3.97. The molecular weight excluding hydrogens is 274 g/mol. The molecule has 1 aromatic rings. The molecule has 0 aromatic heterocycles. The molecule has 0 saturated heterocycles. The van der Waals surface area contributed by atoms with E-state index in [2.05, 4.69) is 0 Å². The van der Waals surface area contributed by atoms with E-state index in [-0.39, 0.29) is 11.4 Å². The number of anilines is 1. The summed E-state index contributed by atoms with van der Waals surface area (Å²) in [6.07, 6.45) is 2.01.